The van der Waals surface area contributed by atoms with Gasteiger partial charge in [-0.05, 0) is 45.8 Å². The second-order valence-electron chi connectivity index (χ2n) is 7.58. The Hall–Kier alpha value is -3.33. The van der Waals surface area contributed by atoms with Gasteiger partial charge in [0.25, 0.3) is 5.91 Å². The summed E-state index contributed by atoms with van der Waals surface area (Å²) in [5, 5.41) is 7.04. The summed E-state index contributed by atoms with van der Waals surface area (Å²) in [6.45, 7) is 0. The van der Waals surface area contributed by atoms with Crippen LogP contribution in [0, 0.1) is 0 Å². The molecule has 1 aromatic heterocycles. The molecule has 0 fully saturated rings. The van der Waals surface area contributed by atoms with E-state index in [9.17, 15) is 13.2 Å². The van der Waals surface area contributed by atoms with E-state index in [0.717, 1.165) is 21.5 Å². The van der Waals surface area contributed by atoms with Gasteiger partial charge in [0.05, 0.1) is 20.7 Å². The SMILES string of the molecule is CN(C)S(=O)(=O)c1ccc2nc(NC(=O)c3c4ccccc4cc4ccccc34)sc2c1. The number of carbonyl (C=O) groups is 1. The first kappa shape index (κ1) is 20.6. The number of rotatable bonds is 4. The van der Waals surface area contributed by atoms with Gasteiger partial charge in [0.1, 0.15) is 0 Å². The van der Waals surface area contributed by atoms with E-state index >= 15 is 0 Å². The molecule has 160 valence electrons. The lowest BCUT2D eigenvalue weighted by Gasteiger charge is -2.10. The molecule has 4 aromatic carbocycles. The van der Waals surface area contributed by atoms with Crippen molar-refractivity contribution in [2.75, 3.05) is 19.4 Å². The van der Waals surface area contributed by atoms with Crippen LogP contribution in [-0.2, 0) is 10.0 Å². The summed E-state index contributed by atoms with van der Waals surface area (Å²) in [4.78, 5) is 18.1. The Bertz CT molecular complexity index is 1570. The Labute approximate surface area is 189 Å². The third-order valence-corrected chi connectivity index (χ3v) is 8.10. The van der Waals surface area contributed by atoms with E-state index in [1.807, 2.05) is 48.5 Å². The summed E-state index contributed by atoms with van der Waals surface area (Å²) in [6, 6.07) is 22.4. The summed E-state index contributed by atoms with van der Waals surface area (Å²) in [6.07, 6.45) is 0. The topological polar surface area (TPSA) is 79.4 Å². The first-order chi connectivity index (χ1) is 15.3. The van der Waals surface area contributed by atoms with Gasteiger partial charge in [-0.3, -0.25) is 10.1 Å². The molecule has 0 saturated carbocycles. The molecule has 1 N–H and O–H groups in total. The van der Waals surface area contributed by atoms with Crippen LogP contribution in [0.15, 0.2) is 77.7 Å². The monoisotopic (exact) mass is 461 g/mol. The lowest BCUT2D eigenvalue weighted by atomic mass is 9.96. The molecule has 32 heavy (non-hydrogen) atoms. The Morgan fingerprint density at radius 3 is 2.16 bits per heavy atom. The van der Waals surface area contributed by atoms with Crippen molar-refractivity contribution in [3.05, 3.63) is 78.4 Å². The van der Waals surface area contributed by atoms with Crippen molar-refractivity contribution in [1.82, 2.24) is 9.29 Å². The highest BCUT2D eigenvalue weighted by Crippen LogP contribution is 2.32. The summed E-state index contributed by atoms with van der Waals surface area (Å²) < 4.78 is 26.7. The standard InChI is InChI=1S/C24H19N3O3S2/c1-27(2)32(29,30)17-11-12-20-21(14-17)31-24(25-20)26-23(28)22-18-9-5-3-7-15(18)13-16-8-4-6-10-19(16)22/h3-14H,1-2H3,(H,25,26,28). The molecule has 5 aromatic rings. The molecule has 0 aliphatic carbocycles. The van der Waals surface area contributed by atoms with Crippen molar-refractivity contribution in [1.29, 1.82) is 0 Å². The van der Waals surface area contributed by atoms with E-state index in [4.69, 9.17) is 0 Å². The number of benzene rings is 4. The zero-order valence-electron chi connectivity index (χ0n) is 17.4. The van der Waals surface area contributed by atoms with Gasteiger partial charge in [-0.15, -0.1) is 0 Å². The van der Waals surface area contributed by atoms with Crippen LogP contribution < -0.4 is 5.32 Å². The van der Waals surface area contributed by atoms with E-state index in [1.165, 1.54) is 35.8 Å². The van der Waals surface area contributed by atoms with E-state index in [2.05, 4.69) is 16.4 Å². The fourth-order valence-electron chi connectivity index (χ4n) is 3.75. The Morgan fingerprint density at radius 2 is 1.53 bits per heavy atom. The largest absolute Gasteiger partial charge is 0.298 e. The van der Waals surface area contributed by atoms with E-state index in [-0.39, 0.29) is 10.8 Å². The molecular weight excluding hydrogens is 442 g/mol. The third kappa shape index (κ3) is 3.42. The number of hydrogen-bond donors (Lipinski definition) is 1. The number of nitrogens with one attached hydrogen (secondary N) is 1. The molecule has 8 heteroatoms. The maximum absolute atomic E-state index is 13.4. The zero-order chi connectivity index (χ0) is 22.5. The first-order valence-corrected chi connectivity index (χ1v) is 12.2. The van der Waals surface area contributed by atoms with Crippen molar-refractivity contribution < 1.29 is 13.2 Å². The highest BCUT2D eigenvalue weighted by Gasteiger charge is 2.20. The molecule has 1 amide bonds. The molecule has 0 spiro atoms. The number of fused-ring (bicyclic) bond motifs is 3. The van der Waals surface area contributed by atoms with Gasteiger partial charge in [-0.25, -0.2) is 17.7 Å². The van der Waals surface area contributed by atoms with Gasteiger partial charge in [-0.2, -0.15) is 0 Å². The summed E-state index contributed by atoms with van der Waals surface area (Å²) in [7, 11) is -0.564. The maximum Gasteiger partial charge on any atom is 0.258 e. The average molecular weight is 462 g/mol. The van der Waals surface area contributed by atoms with Crippen LogP contribution in [0.2, 0.25) is 0 Å². The number of amides is 1. The normalized spacial score (nSPS) is 12.1. The Kier molecular flexibility index (Phi) is 4.93. The van der Waals surface area contributed by atoms with Gasteiger partial charge >= 0.3 is 0 Å². The summed E-state index contributed by atoms with van der Waals surface area (Å²) in [5.74, 6) is -0.252. The number of thiazole rings is 1. The van der Waals surface area contributed by atoms with Crippen LogP contribution in [0.25, 0.3) is 31.8 Å². The number of anilines is 1. The first-order valence-electron chi connectivity index (χ1n) is 9.89. The Morgan fingerprint density at radius 1 is 0.906 bits per heavy atom. The summed E-state index contributed by atoms with van der Waals surface area (Å²) >= 11 is 1.25. The molecule has 0 saturated heterocycles. The van der Waals surface area contributed by atoms with E-state index < -0.39 is 10.0 Å². The zero-order valence-corrected chi connectivity index (χ0v) is 19.0. The van der Waals surface area contributed by atoms with Crippen LogP contribution in [0.3, 0.4) is 0 Å². The quantitative estimate of drug-likeness (QED) is 0.378. The number of carbonyl (C=O) groups excluding carboxylic acids is 1. The molecular formula is C24H19N3O3S2. The molecule has 5 rings (SSSR count). The van der Waals surface area contributed by atoms with Crippen molar-refractivity contribution in [2.45, 2.75) is 4.90 Å². The summed E-state index contributed by atoms with van der Waals surface area (Å²) in [5.41, 5.74) is 1.22. The smallest absolute Gasteiger partial charge is 0.258 e. The van der Waals surface area contributed by atoms with Crippen molar-refractivity contribution in [3.63, 3.8) is 0 Å². The number of nitrogens with zero attached hydrogens (tertiary/aromatic N) is 2. The van der Waals surface area contributed by atoms with Crippen LogP contribution in [0.5, 0.6) is 0 Å². The highest BCUT2D eigenvalue weighted by atomic mass is 32.2. The fourth-order valence-corrected chi connectivity index (χ4v) is 5.65. The van der Waals surface area contributed by atoms with Gasteiger partial charge in [0.2, 0.25) is 10.0 Å². The van der Waals surface area contributed by atoms with Gasteiger partial charge in [0.15, 0.2) is 5.13 Å². The lowest BCUT2D eigenvalue weighted by molar-refractivity contribution is 0.103. The van der Waals surface area contributed by atoms with Crippen molar-refractivity contribution in [3.8, 4) is 0 Å². The minimum absolute atomic E-state index is 0.191. The predicted octanol–water partition coefficient (Wildman–Crippen LogP) is 5.11. The van der Waals surface area contributed by atoms with Gasteiger partial charge in [0, 0.05) is 14.1 Å². The highest BCUT2D eigenvalue weighted by molar-refractivity contribution is 7.89. The molecule has 0 aliphatic heterocycles. The second kappa shape index (κ2) is 7.67. The lowest BCUT2D eigenvalue weighted by Crippen LogP contribution is -2.22. The molecule has 0 bridgehead atoms. The van der Waals surface area contributed by atoms with Gasteiger partial charge in [-0.1, -0.05) is 59.9 Å². The van der Waals surface area contributed by atoms with Crippen LogP contribution in [0.1, 0.15) is 10.4 Å². The fraction of sp³-hybridized carbons (Fsp3) is 0.0833. The van der Waals surface area contributed by atoms with Gasteiger partial charge < -0.3 is 0 Å². The third-order valence-electron chi connectivity index (χ3n) is 5.36. The molecule has 0 aliphatic rings. The maximum atomic E-state index is 13.4. The average Bonchev–Trinajstić information content (AvgIpc) is 3.18. The van der Waals surface area contributed by atoms with Crippen LogP contribution in [0.4, 0.5) is 5.13 Å². The number of aromatic nitrogens is 1. The molecule has 6 nitrogen and oxygen atoms in total. The minimum Gasteiger partial charge on any atom is -0.298 e. The second-order valence-corrected chi connectivity index (χ2v) is 10.8. The van der Waals surface area contributed by atoms with Crippen molar-refractivity contribution in [2.24, 2.45) is 0 Å². The predicted molar refractivity (Wildman–Crippen MR) is 130 cm³/mol. The number of hydrogen-bond acceptors (Lipinski definition) is 5. The van der Waals surface area contributed by atoms with Crippen molar-refractivity contribution >= 4 is 64.2 Å². The van der Waals surface area contributed by atoms with E-state index in [0.29, 0.717) is 20.9 Å². The van der Waals surface area contributed by atoms with E-state index in [1.54, 1.807) is 12.1 Å². The molecule has 0 radical (unpaired) electrons. The molecule has 0 atom stereocenters. The van der Waals surface area contributed by atoms with Crippen LogP contribution in [-0.4, -0.2) is 37.7 Å². The Balaban J connectivity index is 1.57. The van der Waals surface area contributed by atoms with Crippen LogP contribution >= 0.6 is 11.3 Å². The molecule has 1 heterocycles. The molecule has 0 unspecified atom stereocenters. The number of sulfonamides is 1. The minimum atomic E-state index is -3.55.